The van der Waals surface area contributed by atoms with Gasteiger partial charge in [-0.1, -0.05) is 45.2 Å². The summed E-state index contributed by atoms with van der Waals surface area (Å²) in [6.45, 7) is 4.44. The van der Waals surface area contributed by atoms with Crippen LogP contribution < -0.4 is 4.74 Å². The third-order valence-corrected chi connectivity index (χ3v) is 4.84. The summed E-state index contributed by atoms with van der Waals surface area (Å²) in [5.74, 6) is 1.59. The zero-order chi connectivity index (χ0) is 15.8. The fourth-order valence-corrected chi connectivity index (χ4v) is 3.40. The molecule has 1 fully saturated rings. The van der Waals surface area contributed by atoms with Gasteiger partial charge in [0.05, 0.1) is 5.92 Å². The standard InChI is InChI=1S/C20H30O2/c1-3-5-7-17-10-14-19(15-11-17)22-20(21)18-12-8-16(6-4-2)9-13-18/h10-11,14-16,18H,3-9,12-13H2,1-2H3. The van der Waals surface area contributed by atoms with E-state index in [9.17, 15) is 4.79 Å². The predicted octanol–water partition coefficient (Wildman–Crippen LogP) is 5.54. The number of hydrogen-bond acceptors (Lipinski definition) is 2. The summed E-state index contributed by atoms with van der Waals surface area (Å²) in [5.41, 5.74) is 1.32. The largest absolute Gasteiger partial charge is 0.426 e. The van der Waals surface area contributed by atoms with Crippen LogP contribution in [0.2, 0.25) is 0 Å². The van der Waals surface area contributed by atoms with Gasteiger partial charge in [0.15, 0.2) is 0 Å². The van der Waals surface area contributed by atoms with Crippen molar-refractivity contribution in [1.29, 1.82) is 0 Å². The molecule has 0 unspecified atom stereocenters. The number of esters is 1. The van der Waals surface area contributed by atoms with Crippen LogP contribution in [0.1, 0.15) is 70.8 Å². The molecule has 1 aromatic carbocycles. The molecular weight excluding hydrogens is 272 g/mol. The molecule has 122 valence electrons. The number of unbranched alkanes of at least 4 members (excludes halogenated alkanes) is 1. The summed E-state index contributed by atoms with van der Waals surface area (Å²) in [6, 6.07) is 8.03. The normalized spacial score (nSPS) is 21.5. The molecule has 0 radical (unpaired) electrons. The zero-order valence-electron chi connectivity index (χ0n) is 14.1. The van der Waals surface area contributed by atoms with Crippen LogP contribution in [0.3, 0.4) is 0 Å². The zero-order valence-corrected chi connectivity index (χ0v) is 14.1. The van der Waals surface area contributed by atoms with Gasteiger partial charge in [0.1, 0.15) is 5.75 Å². The van der Waals surface area contributed by atoms with E-state index in [1.54, 1.807) is 0 Å². The van der Waals surface area contributed by atoms with Gasteiger partial charge in [-0.15, -0.1) is 0 Å². The van der Waals surface area contributed by atoms with Crippen LogP contribution in [0, 0.1) is 11.8 Å². The molecule has 2 nitrogen and oxygen atoms in total. The van der Waals surface area contributed by atoms with Gasteiger partial charge in [0, 0.05) is 0 Å². The summed E-state index contributed by atoms with van der Waals surface area (Å²) in [7, 11) is 0. The molecule has 0 heterocycles. The van der Waals surface area contributed by atoms with Gasteiger partial charge in [-0.25, -0.2) is 0 Å². The lowest BCUT2D eigenvalue weighted by Crippen LogP contribution is -2.25. The topological polar surface area (TPSA) is 26.3 Å². The molecule has 0 atom stereocenters. The Hall–Kier alpha value is -1.31. The number of carbonyl (C=O) groups excluding carboxylic acids is 1. The summed E-state index contributed by atoms with van der Waals surface area (Å²) in [6.07, 6.45) is 10.4. The highest BCUT2D eigenvalue weighted by molar-refractivity contribution is 5.75. The Bertz CT molecular complexity index is 441. The first-order valence-corrected chi connectivity index (χ1v) is 9.03. The number of hydrogen-bond donors (Lipinski definition) is 0. The minimum absolute atomic E-state index is 0.0312. The molecule has 0 saturated heterocycles. The molecule has 0 bridgehead atoms. The van der Waals surface area contributed by atoms with Gasteiger partial charge in [-0.05, 0) is 62.1 Å². The maximum absolute atomic E-state index is 12.3. The number of rotatable bonds is 7. The van der Waals surface area contributed by atoms with Gasteiger partial charge in [0.2, 0.25) is 0 Å². The summed E-state index contributed by atoms with van der Waals surface area (Å²) < 4.78 is 5.57. The summed E-state index contributed by atoms with van der Waals surface area (Å²) in [4.78, 5) is 12.3. The van der Waals surface area contributed by atoms with Gasteiger partial charge in [0.25, 0.3) is 0 Å². The molecule has 0 N–H and O–H groups in total. The highest BCUT2D eigenvalue weighted by Gasteiger charge is 2.27. The van der Waals surface area contributed by atoms with E-state index in [2.05, 4.69) is 26.0 Å². The van der Waals surface area contributed by atoms with Crippen LogP contribution in [0.25, 0.3) is 0 Å². The van der Waals surface area contributed by atoms with Crippen molar-refractivity contribution in [2.75, 3.05) is 0 Å². The molecule has 1 aliphatic rings. The smallest absolute Gasteiger partial charge is 0.314 e. The van der Waals surface area contributed by atoms with Crippen molar-refractivity contribution in [2.45, 2.75) is 71.6 Å². The number of ether oxygens (including phenoxy) is 1. The molecule has 1 aromatic rings. The van der Waals surface area contributed by atoms with Crippen molar-refractivity contribution in [1.82, 2.24) is 0 Å². The molecule has 2 heteroatoms. The Balaban J connectivity index is 1.79. The van der Waals surface area contributed by atoms with E-state index >= 15 is 0 Å². The average Bonchev–Trinajstić information content (AvgIpc) is 2.55. The van der Waals surface area contributed by atoms with E-state index in [0.29, 0.717) is 5.75 Å². The van der Waals surface area contributed by atoms with Gasteiger partial charge in [-0.3, -0.25) is 4.79 Å². The number of benzene rings is 1. The minimum atomic E-state index is -0.0312. The quantitative estimate of drug-likeness (QED) is 0.488. The second-order valence-corrected chi connectivity index (χ2v) is 6.67. The maximum atomic E-state index is 12.3. The molecule has 1 saturated carbocycles. The summed E-state index contributed by atoms with van der Waals surface area (Å²) >= 11 is 0. The number of carbonyl (C=O) groups is 1. The highest BCUT2D eigenvalue weighted by Crippen LogP contribution is 2.32. The molecule has 1 aliphatic carbocycles. The van der Waals surface area contributed by atoms with Gasteiger partial charge >= 0.3 is 5.97 Å². The van der Waals surface area contributed by atoms with Crippen LogP contribution in [-0.4, -0.2) is 5.97 Å². The van der Waals surface area contributed by atoms with Crippen LogP contribution >= 0.6 is 0 Å². The first-order chi connectivity index (χ1) is 10.7. The van der Waals surface area contributed by atoms with E-state index in [4.69, 9.17) is 4.74 Å². The molecular formula is C20H30O2. The van der Waals surface area contributed by atoms with E-state index in [-0.39, 0.29) is 11.9 Å². The van der Waals surface area contributed by atoms with Crippen molar-refractivity contribution in [3.8, 4) is 5.75 Å². The Labute approximate surface area is 135 Å². The van der Waals surface area contributed by atoms with Crippen LogP contribution in [0.4, 0.5) is 0 Å². The average molecular weight is 302 g/mol. The second kappa shape index (κ2) is 8.97. The van der Waals surface area contributed by atoms with E-state index in [1.165, 1.54) is 44.1 Å². The van der Waals surface area contributed by atoms with Crippen LogP contribution in [0.15, 0.2) is 24.3 Å². The second-order valence-electron chi connectivity index (χ2n) is 6.67. The molecule has 0 aromatic heterocycles. The molecule has 0 aliphatic heterocycles. The van der Waals surface area contributed by atoms with Crippen molar-refractivity contribution in [3.63, 3.8) is 0 Å². The SMILES string of the molecule is CCCCc1ccc(OC(=O)C2CCC(CCC)CC2)cc1. The number of aryl methyl sites for hydroxylation is 1. The van der Waals surface area contributed by atoms with Crippen LogP contribution in [-0.2, 0) is 11.2 Å². The first-order valence-electron chi connectivity index (χ1n) is 9.03. The molecule has 0 spiro atoms. The van der Waals surface area contributed by atoms with Crippen LogP contribution in [0.5, 0.6) is 5.75 Å². The summed E-state index contributed by atoms with van der Waals surface area (Å²) in [5, 5.41) is 0. The fourth-order valence-electron chi connectivity index (χ4n) is 3.40. The Morgan fingerprint density at radius 1 is 1.05 bits per heavy atom. The van der Waals surface area contributed by atoms with E-state index < -0.39 is 0 Å². The van der Waals surface area contributed by atoms with Crippen molar-refractivity contribution < 1.29 is 9.53 Å². The minimum Gasteiger partial charge on any atom is -0.426 e. The lowest BCUT2D eigenvalue weighted by atomic mass is 9.80. The van der Waals surface area contributed by atoms with Crippen molar-refractivity contribution in [2.24, 2.45) is 11.8 Å². The Kier molecular flexibility index (Phi) is 6.95. The molecule has 22 heavy (non-hydrogen) atoms. The van der Waals surface area contributed by atoms with Crippen molar-refractivity contribution in [3.05, 3.63) is 29.8 Å². The monoisotopic (exact) mass is 302 g/mol. The lowest BCUT2D eigenvalue weighted by Gasteiger charge is -2.26. The molecule has 0 amide bonds. The predicted molar refractivity (Wildman–Crippen MR) is 91.0 cm³/mol. The third-order valence-electron chi connectivity index (χ3n) is 4.84. The molecule has 2 rings (SSSR count). The van der Waals surface area contributed by atoms with Gasteiger partial charge < -0.3 is 4.74 Å². The third kappa shape index (κ3) is 5.15. The first kappa shape index (κ1) is 17.1. The van der Waals surface area contributed by atoms with E-state index in [1.807, 2.05) is 12.1 Å². The van der Waals surface area contributed by atoms with Gasteiger partial charge in [-0.2, -0.15) is 0 Å². The Morgan fingerprint density at radius 2 is 1.73 bits per heavy atom. The lowest BCUT2D eigenvalue weighted by molar-refractivity contribution is -0.140. The maximum Gasteiger partial charge on any atom is 0.314 e. The fraction of sp³-hybridized carbons (Fsp3) is 0.650. The van der Waals surface area contributed by atoms with E-state index in [0.717, 1.165) is 25.2 Å². The van der Waals surface area contributed by atoms with Crippen molar-refractivity contribution >= 4 is 5.97 Å². The Morgan fingerprint density at radius 3 is 2.32 bits per heavy atom. The highest BCUT2D eigenvalue weighted by atomic mass is 16.5.